The summed E-state index contributed by atoms with van der Waals surface area (Å²) in [5.41, 5.74) is -0.388. The summed E-state index contributed by atoms with van der Waals surface area (Å²) in [7, 11) is 1.85. The van der Waals surface area contributed by atoms with Crippen LogP contribution in [0.15, 0.2) is 0 Å². The smallest absolute Gasteiger partial charge is 0.220 e. The third-order valence-corrected chi connectivity index (χ3v) is 3.74. The molecule has 0 unspecified atom stereocenters. The molecule has 0 rings (SSSR count). The van der Waals surface area contributed by atoms with Crippen molar-refractivity contribution in [2.45, 2.75) is 46.5 Å². The van der Waals surface area contributed by atoms with E-state index in [9.17, 15) is 14.4 Å². The summed E-state index contributed by atoms with van der Waals surface area (Å²) in [6.45, 7) is 8.55. The van der Waals surface area contributed by atoms with Gasteiger partial charge in [0.15, 0.2) is 5.78 Å². The fourth-order valence-corrected chi connectivity index (χ4v) is 1.94. The van der Waals surface area contributed by atoms with Crippen LogP contribution in [0.5, 0.6) is 0 Å². The average molecular weight is 388 g/mol. The number of ether oxygens (including phenoxy) is 2. The highest BCUT2D eigenvalue weighted by atomic mass is 16.5. The van der Waals surface area contributed by atoms with Gasteiger partial charge >= 0.3 is 0 Å². The van der Waals surface area contributed by atoms with E-state index >= 15 is 0 Å². The number of rotatable bonds is 16. The van der Waals surface area contributed by atoms with E-state index in [1.807, 2.05) is 27.8 Å². The maximum atomic E-state index is 11.7. The molecule has 0 saturated carbocycles. The molecule has 0 saturated heterocycles. The molecule has 0 aliphatic carbocycles. The fourth-order valence-electron chi connectivity index (χ4n) is 1.94. The van der Waals surface area contributed by atoms with Crippen molar-refractivity contribution in [2.24, 2.45) is 5.41 Å². The van der Waals surface area contributed by atoms with Gasteiger partial charge in [-0.2, -0.15) is 0 Å². The lowest BCUT2D eigenvalue weighted by molar-refractivity contribution is -0.131. The van der Waals surface area contributed by atoms with Gasteiger partial charge in [0.2, 0.25) is 11.8 Å². The summed E-state index contributed by atoms with van der Waals surface area (Å²) in [5.74, 6) is 0.0180. The third-order valence-electron chi connectivity index (χ3n) is 3.74. The van der Waals surface area contributed by atoms with E-state index in [4.69, 9.17) is 9.47 Å². The zero-order valence-electron chi connectivity index (χ0n) is 17.3. The molecule has 8 heteroatoms. The quantitative estimate of drug-likeness (QED) is 0.336. The minimum atomic E-state index is -0.388. The van der Waals surface area contributed by atoms with Crippen molar-refractivity contribution in [1.82, 2.24) is 16.0 Å². The fraction of sp³-hybridized carbons (Fsp3) is 0.842. The number of carbonyl (C=O) groups is 3. The van der Waals surface area contributed by atoms with Crippen LogP contribution in [0.25, 0.3) is 0 Å². The van der Waals surface area contributed by atoms with Crippen LogP contribution >= 0.6 is 0 Å². The van der Waals surface area contributed by atoms with Crippen LogP contribution in [0.1, 0.15) is 46.5 Å². The molecule has 27 heavy (non-hydrogen) atoms. The Labute approximate surface area is 163 Å². The third kappa shape index (κ3) is 16.4. The van der Waals surface area contributed by atoms with E-state index in [2.05, 4.69) is 16.0 Å². The maximum Gasteiger partial charge on any atom is 0.220 e. The summed E-state index contributed by atoms with van der Waals surface area (Å²) in [6.07, 6.45) is 2.29. The Kier molecular flexibility index (Phi) is 14.7. The zero-order valence-corrected chi connectivity index (χ0v) is 17.3. The van der Waals surface area contributed by atoms with Crippen LogP contribution in [-0.4, -0.2) is 70.7 Å². The summed E-state index contributed by atoms with van der Waals surface area (Å²) >= 11 is 0. The van der Waals surface area contributed by atoms with Crippen molar-refractivity contribution in [1.29, 1.82) is 0 Å². The molecular formula is C19H37N3O5. The highest BCUT2D eigenvalue weighted by molar-refractivity contribution is 5.84. The van der Waals surface area contributed by atoms with Gasteiger partial charge in [-0.1, -0.05) is 20.8 Å². The predicted molar refractivity (Wildman–Crippen MR) is 105 cm³/mol. The van der Waals surface area contributed by atoms with Crippen molar-refractivity contribution in [2.75, 3.05) is 53.1 Å². The Hall–Kier alpha value is -1.51. The van der Waals surface area contributed by atoms with Gasteiger partial charge in [-0.25, -0.2) is 0 Å². The number of carbonyl (C=O) groups excluding carboxylic acids is 3. The molecule has 3 N–H and O–H groups in total. The van der Waals surface area contributed by atoms with E-state index in [-0.39, 0.29) is 29.6 Å². The lowest BCUT2D eigenvalue weighted by Crippen LogP contribution is -2.30. The molecule has 158 valence electrons. The monoisotopic (exact) mass is 387 g/mol. The lowest BCUT2D eigenvalue weighted by atomic mass is 9.91. The van der Waals surface area contributed by atoms with Crippen LogP contribution in [0, 0.1) is 5.41 Å². The Balaban J connectivity index is 3.42. The first kappa shape index (κ1) is 25.5. The van der Waals surface area contributed by atoms with Gasteiger partial charge in [0.1, 0.15) is 6.61 Å². The summed E-state index contributed by atoms with van der Waals surface area (Å²) in [4.78, 5) is 34.8. The Morgan fingerprint density at radius 2 is 1.33 bits per heavy atom. The molecule has 0 aromatic rings. The SMILES string of the molecule is CNCCCC(=O)NCCCC(=O)NCCOCCOCC(=O)C(C)(C)C. The van der Waals surface area contributed by atoms with E-state index < -0.39 is 0 Å². The van der Waals surface area contributed by atoms with E-state index in [1.165, 1.54) is 0 Å². The number of hydrogen-bond acceptors (Lipinski definition) is 6. The second-order valence-corrected chi connectivity index (χ2v) is 7.35. The minimum absolute atomic E-state index is 0.0190. The van der Waals surface area contributed by atoms with Crippen molar-refractivity contribution in [3.8, 4) is 0 Å². The molecule has 0 aromatic carbocycles. The maximum absolute atomic E-state index is 11.7. The highest BCUT2D eigenvalue weighted by Crippen LogP contribution is 2.14. The molecule has 0 aromatic heterocycles. The molecule has 0 fully saturated rings. The van der Waals surface area contributed by atoms with Crippen LogP contribution in [0.3, 0.4) is 0 Å². The molecule has 0 radical (unpaired) electrons. The summed E-state index contributed by atoms with van der Waals surface area (Å²) < 4.78 is 10.6. The van der Waals surface area contributed by atoms with Gasteiger partial charge in [-0.15, -0.1) is 0 Å². The van der Waals surface area contributed by atoms with Gasteiger partial charge in [-0.3, -0.25) is 14.4 Å². The molecule has 8 nitrogen and oxygen atoms in total. The first-order chi connectivity index (χ1) is 12.8. The topological polar surface area (TPSA) is 106 Å². The van der Waals surface area contributed by atoms with Crippen molar-refractivity contribution in [3.63, 3.8) is 0 Å². The number of hydrogen-bond donors (Lipinski definition) is 3. The number of amides is 2. The standard InChI is InChI=1S/C19H37N3O5/c1-19(2,3)16(23)15-27-14-13-26-12-11-22-18(25)8-6-10-21-17(24)7-5-9-20-4/h20H,5-15H2,1-4H3,(H,21,24)(H,22,25). The van der Waals surface area contributed by atoms with Gasteiger partial charge in [0.25, 0.3) is 0 Å². The predicted octanol–water partition coefficient (Wildman–Crippen LogP) is 0.647. The summed E-state index contributed by atoms with van der Waals surface area (Å²) in [6, 6.07) is 0. The average Bonchev–Trinajstić information content (AvgIpc) is 2.60. The molecule has 0 bridgehead atoms. The van der Waals surface area contributed by atoms with Gasteiger partial charge < -0.3 is 25.4 Å². The van der Waals surface area contributed by atoms with E-state index in [0.717, 1.165) is 13.0 Å². The number of ketones is 1. The van der Waals surface area contributed by atoms with Crippen LogP contribution in [0.4, 0.5) is 0 Å². The van der Waals surface area contributed by atoms with Crippen LogP contribution in [-0.2, 0) is 23.9 Å². The molecule has 0 aliphatic heterocycles. The Morgan fingerprint density at radius 3 is 1.93 bits per heavy atom. The van der Waals surface area contributed by atoms with Crippen molar-refractivity contribution < 1.29 is 23.9 Å². The van der Waals surface area contributed by atoms with Crippen molar-refractivity contribution in [3.05, 3.63) is 0 Å². The Bertz CT molecular complexity index is 436. The van der Waals surface area contributed by atoms with Crippen LogP contribution < -0.4 is 16.0 Å². The molecule has 0 atom stereocenters. The van der Waals surface area contributed by atoms with Gasteiger partial charge in [0.05, 0.1) is 19.8 Å². The van der Waals surface area contributed by atoms with Gasteiger partial charge in [-0.05, 0) is 26.4 Å². The molecular weight excluding hydrogens is 350 g/mol. The van der Waals surface area contributed by atoms with Gasteiger partial charge in [0, 0.05) is 31.3 Å². The zero-order chi connectivity index (χ0) is 20.5. The Morgan fingerprint density at radius 1 is 0.778 bits per heavy atom. The normalized spacial score (nSPS) is 11.3. The second-order valence-electron chi connectivity index (χ2n) is 7.35. The second kappa shape index (κ2) is 15.5. The van der Waals surface area contributed by atoms with Crippen molar-refractivity contribution >= 4 is 17.6 Å². The molecule has 0 aliphatic rings. The summed E-state index contributed by atoms with van der Waals surface area (Å²) in [5, 5.41) is 8.55. The lowest BCUT2D eigenvalue weighted by Gasteiger charge is -2.16. The first-order valence-electron chi connectivity index (χ1n) is 9.64. The largest absolute Gasteiger partial charge is 0.377 e. The van der Waals surface area contributed by atoms with Crippen LogP contribution in [0.2, 0.25) is 0 Å². The van der Waals surface area contributed by atoms with E-state index in [0.29, 0.717) is 52.2 Å². The first-order valence-corrected chi connectivity index (χ1v) is 9.64. The molecule has 0 heterocycles. The number of nitrogens with one attached hydrogen (secondary N) is 3. The molecule has 2 amide bonds. The van der Waals surface area contributed by atoms with E-state index in [1.54, 1.807) is 0 Å². The minimum Gasteiger partial charge on any atom is -0.377 e. The highest BCUT2D eigenvalue weighted by Gasteiger charge is 2.20. The molecule has 0 spiro atoms. The number of Topliss-reactive ketones (excluding diaryl/α,β-unsaturated/α-hetero) is 1.